The quantitative estimate of drug-likeness (QED) is 0.791. The molecule has 16 heavy (non-hydrogen) atoms. The standard InChI is InChI=1S/C12H17NO3/c1-14-12-5-4-9(7-11(12)13)16-8-10-3-2-6-15-10/h4-5,7,10H,2-3,6,8,13H2,1H3. The Morgan fingerprint density at radius 2 is 2.38 bits per heavy atom. The Labute approximate surface area is 95.3 Å². The van der Waals surface area contributed by atoms with Gasteiger partial charge < -0.3 is 19.9 Å². The van der Waals surface area contributed by atoms with E-state index in [1.54, 1.807) is 19.2 Å². The van der Waals surface area contributed by atoms with E-state index in [0.717, 1.165) is 25.2 Å². The Morgan fingerprint density at radius 3 is 3.00 bits per heavy atom. The molecule has 0 aliphatic carbocycles. The van der Waals surface area contributed by atoms with Gasteiger partial charge in [-0.25, -0.2) is 0 Å². The van der Waals surface area contributed by atoms with Crippen molar-refractivity contribution >= 4 is 5.69 Å². The van der Waals surface area contributed by atoms with E-state index >= 15 is 0 Å². The van der Waals surface area contributed by atoms with Crippen LogP contribution in [0, 0.1) is 0 Å². The fourth-order valence-electron chi connectivity index (χ4n) is 1.77. The largest absolute Gasteiger partial charge is 0.495 e. The summed E-state index contributed by atoms with van der Waals surface area (Å²) < 4.78 is 16.2. The predicted molar refractivity (Wildman–Crippen MR) is 61.9 cm³/mol. The first-order valence-electron chi connectivity index (χ1n) is 5.47. The van der Waals surface area contributed by atoms with Crippen molar-refractivity contribution in [2.45, 2.75) is 18.9 Å². The lowest BCUT2D eigenvalue weighted by Crippen LogP contribution is -2.16. The summed E-state index contributed by atoms with van der Waals surface area (Å²) in [6, 6.07) is 5.43. The molecule has 0 aromatic heterocycles. The summed E-state index contributed by atoms with van der Waals surface area (Å²) in [7, 11) is 1.60. The van der Waals surface area contributed by atoms with Crippen molar-refractivity contribution in [2.24, 2.45) is 0 Å². The highest BCUT2D eigenvalue weighted by Gasteiger charge is 2.16. The van der Waals surface area contributed by atoms with Gasteiger partial charge in [-0.2, -0.15) is 0 Å². The molecular formula is C12H17NO3. The molecule has 2 N–H and O–H groups in total. The zero-order valence-electron chi connectivity index (χ0n) is 9.44. The van der Waals surface area contributed by atoms with E-state index in [1.165, 1.54) is 0 Å². The third-order valence-corrected chi connectivity index (χ3v) is 2.66. The second kappa shape index (κ2) is 5.07. The Kier molecular flexibility index (Phi) is 3.51. The summed E-state index contributed by atoms with van der Waals surface area (Å²) in [5.74, 6) is 1.43. The molecule has 0 saturated carbocycles. The Morgan fingerprint density at radius 1 is 1.50 bits per heavy atom. The molecule has 1 heterocycles. The van der Waals surface area contributed by atoms with Gasteiger partial charge in [-0.05, 0) is 25.0 Å². The van der Waals surface area contributed by atoms with Crippen molar-refractivity contribution in [1.29, 1.82) is 0 Å². The number of anilines is 1. The zero-order chi connectivity index (χ0) is 11.4. The summed E-state index contributed by atoms with van der Waals surface area (Å²) >= 11 is 0. The van der Waals surface area contributed by atoms with E-state index in [2.05, 4.69) is 0 Å². The van der Waals surface area contributed by atoms with Crippen molar-refractivity contribution < 1.29 is 14.2 Å². The second-order valence-electron chi connectivity index (χ2n) is 3.85. The number of nitrogens with two attached hydrogens (primary N) is 1. The average molecular weight is 223 g/mol. The maximum absolute atomic E-state index is 5.78. The van der Waals surface area contributed by atoms with E-state index < -0.39 is 0 Å². The van der Waals surface area contributed by atoms with E-state index in [-0.39, 0.29) is 6.10 Å². The van der Waals surface area contributed by atoms with Crippen LogP contribution in [-0.2, 0) is 4.74 Å². The van der Waals surface area contributed by atoms with Crippen LogP contribution in [-0.4, -0.2) is 26.4 Å². The Bertz CT molecular complexity index is 348. The lowest BCUT2D eigenvalue weighted by Gasteiger charge is -2.12. The van der Waals surface area contributed by atoms with E-state index in [4.69, 9.17) is 19.9 Å². The van der Waals surface area contributed by atoms with E-state index in [9.17, 15) is 0 Å². The van der Waals surface area contributed by atoms with Crippen LogP contribution in [0.5, 0.6) is 11.5 Å². The number of benzene rings is 1. The van der Waals surface area contributed by atoms with Crippen molar-refractivity contribution in [3.63, 3.8) is 0 Å². The van der Waals surface area contributed by atoms with Crippen LogP contribution in [0.2, 0.25) is 0 Å². The van der Waals surface area contributed by atoms with Crippen LogP contribution < -0.4 is 15.2 Å². The van der Waals surface area contributed by atoms with Gasteiger partial charge in [-0.15, -0.1) is 0 Å². The van der Waals surface area contributed by atoms with Gasteiger partial charge in [-0.3, -0.25) is 0 Å². The van der Waals surface area contributed by atoms with Crippen molar-refractivity contribution in [2.75, 3.05) is 26.1 Å². The van der Waals surface area contributed by atoms with Crippen LogP contribution in [0.1, 0.15) is 12.8 Å². The molecule has 1 fully saturated rings. The van der Waals surface area contributed by atoms with Gasteiger partial charge in [0.2, 0.25) is 0 Å². The molecule has 1 aliphatic rings. The maximum atomic E-state index is 5.78. The van der Waals surface area contributed by atoms with Crippen molar-refractivity contribution in [1.82, 2.24) is 0 Å². The number of methoxy groups -OCH3 is 1. The third-order valence-electron chi connectivity index (χ3n) is 2.66. The molecule has 1 unspecified atom stereocenters. The maximum Gasteiger partial charge on any atom is 0.142 e. The molecule has 4 nitrogen and oxygen atoms in total. The van der Waals surface area contributed by atoms with Crippen molar-refractivity contribution in [3.8, 4) is 11.5 Å². The minimum absolute atomic E-state index is 0.225. The first-order chi connectivity index (χ1) is 7.79. The average Bonchev–Trinajstić information content (AvgIpc) is 2.79. The third kappa shape index (κ3) is 2.58. The first kappa shape index (κ1) is 11.1. The van der Waals surface area contributed by atoms with Crippen LogP contribution in [0.3, 0.4) is 0 Å². The molecule has 1 aromatic carbocycles. The Hall–Kier alpha value is -1.42. The molecule has 0 amide bonds. The molecule has 1 aromatic rings. The highest BCUT2D eigenvalue weighted by atomic mass is 16.5. The normalized spacial score (nSPS) is 19.7. The predicted octanol–water partition coefficient (Wildman–Crippen LogP) is 1.84. The summed E-state index contributed by atoms with van der Waals surface area (Å²) in [5, 5.41) is 0. The summed E-state index contributed by atoms with van der Waals surface area (Å²) in [5.41, 5.74) is 6.37. The fourth-order valence-corrected chi connectivity index (χ4v) is 1.77. The van der Waals surface area contributed by atoms with Gasteiger partial charge in [0.05, 0.1) is 18.9 Å². The molecule has 1 saturated heterocycles. The van der Waals surface area contributed by atoms with Gasteiger partial charge in [0.15, 0.2) is 0 Å². The molecule has 2 rings (SSSR count). The van der Waals surface area contributed by atoms with Crippen molar-refractivity contribution in [3.05, 3.63) is 18.2 Å². The Balaban J connectivity index is 1.91. The molecule has 0 radical (unpaired) electrons. The smallest absolute Gasteiger partial charge is 0.142 e. The topological polar surface area (TPSA) is 53.7 Å². The summed E-state index contributed by atoms with van der Waals surface area (Å²) in [6.45, 7) is 1.44. The van der Waals surface area contributed by atoms with Crippen LogP contribution >= 0.6 is 0 Å². The second-order valence-corrected chi connectivity index (χ2v) is 3.85. The van der Waals surface area contributed by atoms with Crippen LogP contribution in [0.25, 0.3) is 0 Å². The molecular weight excluding hydrogens is 206 g/mol. The first-order valence-corrected chi connectivity index (χ1v) is 5.47. The lowest BCUT2D eigenvalue weighted by atomic mass is 10.2. The molecule has 0 spiro atoms. The summed E-state index contributed by atoms with van der Waals surface area (Å²) in [6.07, 6.45) is 2.42. The molecule has 1 atom stereocenters. The number of ether oxygens (including phenoxy) is 3. The molecule has 0 bridgehead atoms. The van der Waals surface area contributed by atoms with Gasteiger partial charge in [0.25, 0.3) is 0 Å². The molecule has 4 heteroatoms. The fraction of sp³-hybridized carbons (Fsp3) is 0.500. The van der Waals surface area contributed by atoms with E-state index in [0.29, 0.717) is 18.0 Å². The van der Waals surface area contributed by atoms with Crippen LogP contribution in [0.15, 0.2) is 18.2 Å². The highest BCUT2D eigenvalue weighted by Crippen LogP contribution is 2.26. The van der Waals surface area contributed by atoms with Gasteiger partial charge >= 0.3 is 0 Å². The van der Waals surface area contributed by atoms with Gasteiger partial charge in [0, 0.05) is 12.7 Å². The molecule has 88 valence electrons. The number of rotatable bonds is 4. The number of hydrogen-bond donors (Lipinski definition) is 1. The van der Waals surface area contributed by atoms with Gasteiger partial charge in [-0.1, -0.05) is 0 Å². The lowest BCUT2D eigenvalue weighted by molar-refractivity contribution is 0.0679. The van der Waals surface area contributed by atoms with Gasteiger partial charge in [0.1, 0.15) is 18.1 Å². The van der Waals surface area contributed by atoms with E-state index in [1.807, 2.05) is 6.07 Å². The minimum atomic E-state index is 0.225. The number of nitrogen functional groups attached to an aromatic ring is 1. The minimum Gasteiger partial charge on any atom is -0.495 e. The molecule has 1 aliphatic heterocycles. The number of hydrogen-bond acceptors (Lipinski definition) is 4. The monoisotopic (exact) mass is 223 g/mol. The van der Waals surface area contributed by atoms with Crippen LogP contribution in [0.4, 0.5) is 5.69 Å². The highest BCUT2D eigenvalue weighted by molar-refractivity contribution is 5.56. The SMILES string of the molecule is COc1ccc(OCC2CCCO2)cc1N. The summed E-state index contributed by atoms with van der Waals surface area (Å²) in [4.78, 5) is 0. The zero-order valence-corrected chi connectivity index (χ0v) is 9.44.